The summed E-state index contributed by atoms with van der Waals surface area (Å²) in [7, 11) is -3.53. The number of thioether (sulfide) groups is 2. The summed E-state index contributed by atoms with van der Waals surface area (Å²) in [4.78, 5) is 20.7. The molecule has 0 radical (unpaired) electrons. The van der Waals surface area contributed by atoms with Crippen molar-refractivity contribution in [2.75, 3.05) is 18.6 Å². The summed E-state index contributed by atoms with van der Waals surface area (Å²) < 4.78 is 25.2. The predicted octanol–water partition coefficient (Wildman–Crippen LogP) is 1.26. The maximum absolute atomic E-state index is 12.2. The number of guanidine groups is 1. The molecule has 1 aliphatic rings. The third kappa shape index (κ3) is 4.52. The lowest BCUT2D eigenvalue weighted by Gasteiger charge is -2.13. The lowest BCUT2D eigenvalue weighted by molar-refractivity contribution is 0.100. The van der Waals surface area contributed by atoms with Gasteiger partial charge in [0.1, 0.15) is 4.38 Å². The molecule has 1 aromatic carbocycles. The Balaban J connectivity index is 2.59. The molecule has 0 bridgehead atoms. The average molecular weight is 387 g/mol. The van der Waals surface area contributed by atoms with E-state index in [2.05, 4.69) is 9.98 Å². The normalized spacial score (nSPS) is 14.3. The Kier molecular flexibility index (Phi) is 5.94. The highest BCUT2D eigenvalue weighted by atomic mass is 32.2. The van der Waals surface area contributed by atoms with Crippen molar-refractivity contribution in [3.05, 3.63) is 23.3 Å². The molecule has 1 aliphatic heterocycles. The van der Waals surface area contributed by atoms with Crippen LogP contribution < -0.4 is 11.5 Å². The van der Waals surface area contributed by atoms with E-state index in [1.807, 2.05) is 6.92 Å². The number of nitrogens with zero attached hydrogens (tertiary/aromatic N) is 2. The molecule has 1 amide bonds. The number of carbonyl (C=O) groups is 1. The Hall–Kier alpha value is -1.52. The second-order valence-electron chi connectivity index (χ2n) is 5.02. The molecule has 0 saturated carbocycles. The van der Waals surface area contributed by atoms with Crippen molar-refractivity contribution in [3.8, 4) is 0 Å². The Morgan fingerprint density at radius 1 is 1.42 bits per heavy atom. The molecule has 1 heterocycles. The number of hydrogen-bond acceptors (Lipinski definition) is 6. The zero-order valence-electron chi connectivity index (χ0n) is 13.3. The van der Waals surface area contributed by atoms with Crippen LogP contribution in [0.3, 0.4) is 0 Å². The van der Waals surface area contributed by atoms with E-state index >= 15 is 0 Å². The van der Waals surface area contributed by atoms with Gasteiger partial charge in [-0.15, -0.1) is 0 Å². The molecule has 1 aromatic rings. The highest BCUT2D eigenvalue weighted by molar-refractivity contribution is 8.39. The Bertz CT molecular complexity index is 828. The Morgan fingerprint density at radius 2 is 2.12 bits per heavy atom. The lowest BCUT2D eigenvalue weighted by atomic mass is 10.0. The molecule has 0 saturated heterocycles. The van der Waals surface area contributed by atoms with Gasteiger partial charge in [0.25, 0.3) is 5.91 Å². The van der Waals surface area contributed by atoms with Gasteiger partial charge in [0.2, 0.25) is 0 Å². The molecule has 130 valence electrons. The standard InChI is InChI=1S/C14H18N4O3S3/c1-3-8-6-10(23-14-17-4-5-22-14)11(24(2,20)21)7-9(8)12(19)18-13(15)16/h6-7H,3-5H2,1-2H3,(H4,15,16,18,19). The molecule has 0 atom stereocenters. The van der Waals surface area contributed by atoms with Gasteiger partial charge in [-0.05, 0) is 24.1 Å². The highest BCUT2D eigenvalue weighted by Gasteiger charge is 2.22. The number of sulfone groups is 1. The van der Waals surface area contributed by atoms with Gasteiger partial charge in [0.05, 0.1) is 11.4 Å². The molecule has 7 nitrogen and oxygen atoms in total. The van der Waals surface area contributed by atoms with Crippen LogP contribution >= 0.6 is 23.5 Å². The van der Waals surface area contributed by atoms with Crippen molar-refractivity contribution in [3.63, 3.8) is 0 Å². The van der Waals surface area contributed by atoms with Crippen molar-refractivity contribution in [2.45, 2.75) is 23.1 Å². The minimum Gasteiger partial charge on any atom is -0.370 e. The molecule has 0 fully saturated rings. The highest BCUT2D eigenvalue weighted by Crippen LogP contribution is 2.35. The number of benzene rings is 1. The molecule has 2 rings (SSSR count). The molecule has 0 spiro atoms. The summed E-state index contributed by atoms with van der Waals surface area (Å²) in [5, 5.41) is 0. The zero-order valence-corrected chi connectivity index (χ0v) is 15.7. The monoisotopic (exact) mass is 386 g/mol. The van der Waals surface area contributed by atoms with Gasteiger partial charge in [-0.3, -0.25) is 9.79 Å². The molecule has 0 aromatic heterocycles. The van der Waals surface area contributed by atoms with E-state index in [1.54, 1.807) is 17.8 Å². The third-order valence-corrected chi connectivity index (χ3v) is 6.66. The average Bonchev–Trinajstić information content (AvgIpc) is 2.97. The van der Waals surface area contributed by atoms with Crippen LogP contribution in [0.2, 0.25) is 0 Å². The number of amides is 1. The summed E-state index contributed by atoms with van der Waals surface area (Å²) in [5.41, 5.74) is 11.4. The minimum atomic E-state index is -3.53. The van der Waals surface area contributed by atoms with Crippen LogP contribution in [0.4, 0.5) is 0 Å². The van der Waals surface area contributed by atoms with E-state index in [0.29, 0.717) is 16.9 Å². The number of hydrogen-bond donors (Lipinski definition) is 2. The fourth-order valence-corrected chi connectivity index (χ4v) is 5.45. The SMILES string of the molecule is CCc1cc(SC2=NCCS2)c(S(C)(=O)=O)cc1C(=O)N=C(N)N. The molecular formula is C14H18N4O3S3. The van der Waals surface area contributed by atoms with Crippen LogP contribution in [-0.2, 0) is 16.3 Å². The van der Waals surface area contributed by atoms with Gasteiger partial charge >= 0.3 is 0 Å². The van der Waals surface area contributed by atoms with E-state index in [1.165, 1.54) is 17.8 Å². The Labute approximate surface area is 149 Å². The molecular weight excluding hydrogens is 368 g/mol. The fraction of sp³-hybridized carbons (Fsp3) is 0.357. The van der Waals surface area contributed by atoms with Crippen LogP contribution in [0.1, 0.15) is 22.8 Å². The van der Waals surface area contributed by atoms with E-state index < -0.39 is 15.7 Å². The quantitative estimate of drug-likeness (QED) is 0.589. The molecule has 4 N–H and O–H groups in total. The van der Waals surface area contributed by atoms with Crippen molar-refractivity contribution in [1.82, 2.24) is 0 Å². The summed E-state index contributed by atoms with van der Waals surface area (Å²) in [5.74, 6) is -0.128. The maximum atomic E-state index is 12.2. The topological polar surface area (TPSA) is 128 Å². The molecule has 0 aliphatic carbocycles. The fourth-order valence-electron chi connectivity index (χ4n) is 2.11. The second-order valence-corrected chi connectivity index (χ2v) is 9.38. The van der Waals surface area contributed by atoms with E-state index in [4.69, 9.17) is 11.5 Å². The number of nitrogens with two attached hydrogens (primary N) is 2. The van der Waals surface area contributed by atoms with Gasteiger partial charge in [0.15, 0.2) is 15.8 Å². The number of aryl methyl sites for hydroxylation is 1. The van der Waals surface area contributed by atoms with Crippen LogP contribution in [-0.4, -0.2) is 43.2 Å². The first kappa shape index (κ1) is 18.8. The first-order valence-corrected chi connectivity index (χ1v) is 10.8. The number of rotatable bonds is 4. The second kappa shape index (κ2) is 7.58. The first-order chi connectivity index (χ1) is 11.2. The van der Waals surface area contributed by atoms with Crippen LogP contribution in [0.15, 0.2) is 31.9 Å². The molecule has 0 unspecified atom stereocenters. The zero-order chi connectivity index (χ0) is 17.9. The smallest absolute Gasteiger partial charge is 0.280 e. The summed E-state index contributed by atoms with van der Waals surface area (Å²) in [6.45, 7) is 2.60. The minimum absolute atomic E-state index is 0.0778. The van der Waals surface area contributed by atoms with Gasteiger partial charge in [-0.2, -0.15) is 4.99 Å². The predicted molar refractivity (Wildman–Crippen MR) is 99.7 cm³/mol. The van der Waals surface area contributed by atoms with Crippen molar-refractivity contribution in [2.24, 2.45) is 21.5 Å². The van der Waals surface area contributed by atoms with Gasteiger partial charge in [0, 0.05) is 22.5 Å². The first-order valence-electron chi connectivity index (χ1n) is 7.08. The largest absolute Gasteiger partial charge is 0.370 e. The third-order valence-electron chi connectivity index (χ3n) is 3.17. The van der Waals surface area contributed by atoms with Crippen molar-refractivity contribution >= 4 is 49.6 Å². The van der Waals surface area contributed by atoms with Crippen LogP contribution in [0, 0.1) is 0 Å². The van der Waals surface area contributed by atoms with Crippen molar-refractivity contribution < 1.29 is 13.2 Å². The summed E-state index contributed by atoms with van der Waals surface area (Å²) in [6, 6.07) is 3.06. The van der Waals surface area contributed by atoms with Crippen molar-refractivity contribution in [1.29, 1.82) is 0 Å². The van der Waals surface area contributed by atoms with Crippen LogP contribution in [0.25, 0.3) is 0 Å². The summed E-state index contributed by atoms with van der Waals surface area (Å²) >= 11 is 2.89. The molecule has 10 heteroatoms. The van der Waals surface area contributed by atoms with Gasteiger partial charge in [-0.25, -0.2) is 8.42 Å². The number of carbonyl (C=O) groups excluding carboxylic acids is 1. The lowest BCUT2D eigenvalue weighted by Crippen LogP contribution is -2.24. The molecule has 24 heavy (non-hydrogen) atoms. The van der Waals surface area contributed by atoms with E-state index in [9.17, 15) is 13.2 Å². The Morgan fingerprint density at radius 3 is 2.62 bits per heavy atom. The maximum Gasteiger partial charge on any atom is 0.280 e. The van der Waals surface area contributed by atoms with Gasteiger partial charge in [-0.1, -0.05) is 30.4 Å². The number of aliphatic imine (C=N–C) groups is 2. The van der Waals surface area contributed by atoms with E-state index in [0.717, 1.165) is 22.9 Å². The summed E-state index contributed by atoms with van der Waals surface area (Å²) in [6.07, 6.45) is 1.65. The van der Waals surface area contributed by atoms with Crippen LogP contribution in [0.5, 0.6) is 0 Å². The van der Waals surface area contributed by atoms with E-state index in [-0.39, 0.29) is 16.4 Å². The van der Waals surface area contributed by atoms with Gasteiger partial charge < -0.3 is 11.5 Å².